The fraction of sp³-hybridized carbons (Fsp3) is 0. The third kappa shape index (κ3) is 7.10. The number of benzene rings is 10. The van der Waals surface area contributed by atoms with E-state index in [9.17, 15) is 5.26 Å². The molecule has 334 valence electrons. The van der Waals surface area contributed by atoms with E-state index < -0.39 is 0 Å². The minimum atomic E-state index is 0.633. The first kappa shape index (κ1) is 42.0. The van der Waals surface area contributed by atoms with Crippen molar-refractivity contribution in [1.82, 2.24) is 19.1 Å². The van der Waals surface area contributed by atoms with E-state index in [-0.39, 0.29) is 0 Å². The van der Waals surface area contributed by atoms with Crippen molar-refractivity contribution in [2.75, 3.05) is 0 Å². The minimum Gasteiger partial charge on any atom is -0.309 e. The molecule has 13 aromatic rings. The lowest BCUT2D eigenvalue weighted by molar-refractivity contribution is 1.16. The van der Waals surface area contributed by atoms with Gasteiger partial charge in [-0.3, -0.25) is 0 Å². The Morgan fingerprint density at radius 2 is 0.903 bits per heavy atom. The second-order valence-corrected chi connectivity index (χ2v) is 17.9. The highest BCUT2D eigenvalue weighted by atomic mass is 15.0. The first-order chi connectivity index (χ1) is 35.6. The van der Waals surface area contributed by atoms with Crippen LogP contribution in [0, 0.1) is 17.9 Å². The molecule has 0 aliphatic heterocycles. The average Bonchev–Trinajstić information content (AvgIpc) is 3.97. The quantitative estimate of drug-likeness (QED) is 0.143. The van der Waals surface area contributed by atoms with Gasteiger partial charge in [-0.25, -0.2) is 14.8 Å². The van der Waals surface area contributed by atoms with Gasteiger partial charge in [-0.15, -0.1) is 0 Å². The fourth-order valence-electron chi connectivity index (χ4n) is 10.5. The van der Waals surface area contributed by atoms with Crippen LogP contribution in [0.15, 0.2) is 243 Å². The summed E-state index contributed by atoms with van der Waals surface area (Å²) in [6.07, 6.45) is 0. The molecule has 0 saturated heterocycles. The maximum Gasteiger partial charge on any atom is 0.194 e. The molecule has 10 aromatic carbocycles. The largest absolute Gasteiger partial charge is 0.309 e. The van der Waals surface area contributed by atoms with E-state index in [1.165, 1.54) is 0 Å². The fourth-order valence-corrected chi connectivity index (χ4v) is 10.5. The Morgan fingerprint density at radius 1 is 0.375 bits per heavy atom. The number of hydrogen-bond donors (Lipinski definition) is 0. The second kappa shape index (κ2) is 17.4. The van der Waals surface area contributed by atoms with E-state index >= 15 is 0 Å². The standard InChI is InChI=1S/C66H40N6/c1-68-58-28-13-10-25-52(58)47-32-34-64-56(39-47)53-26-11-14-29-61(53)71(64)50-23-16-22-45(37-50)55-40-48(60-41-59(43-17-4-2-5-18-43)69-66(70-60)44-19-6-3-7-20-44)33-36-63(55)72-62-30-15-12-27-54(62)57-38-46(31-35-65(57)72)51-24-9-8-21-49(51)42-67/h2-41H. The Labute approximate surface area is 416 Å². The van der Waals surface area contributed by atoms with E-state index in [1.54, 1.807) is 0 Å². The summed E-state index contributed by atoms with van der Waals surface area (Å²) in [5.41, 5.74) is 18.0. The molecule has 6 nitrogen and oxygen atoms in total. The van der Waals surface area contributed by atoms with E-state index in [0.717, 1.165) is 116 Å². The molecule has 0 radical (unpaired) electrons. The third-order valence-corrected chi connectivity index (χ3v) is 13.8. The van der Waals surface area contributed by atoms with Crippen molar-refractivity contribution in [3.05, 3.63) is 260 Å². The molecular weight excluding hydrogens is 877 g/mol. The summed E-state index contributed by atoms with van der Waals surface area (Å²) < 4.78 is 4.73. The van der Waals surface area contributed by atoms with Crippen LogP contribution in [-0.2, 0) is 0 Å². The van der Waals surface area contributed by atoms with Crippen LogP contribution in [0.1, 0.15) is 5.56 Å². The molecule has 6 heteroatoms. The molecule has 0 aliphatic rings. The molecule has 0 unspecified atom stereocenters. The van der Waals surface area contributed by atoms with Crippen molar-refractivity contribution >= 4 is 49.3 Å². The van der Waals surface area contributed by atoms with Crippen LogP contribution in [0.2, 0.25) is 0 Å². The van der Waals surface area contributed by atoms with E-state index in [0.29, 0.717) is 17.1 Å². The van der Waals surface area contributed by atoms with Crippen LogP contribution >= 0.6 is 0 Å². The van der Waals surface area contributed by atoms with E-state index in [1.807, 2.05) is 84.9 Å². The summed E-state index contributed by atoms with van der Waals surface area (Å²) in [6, 6.07) is 86.4. The lowest BCUT2D eigenvalue weighted by Gasteiger charge is -2.18. The van der Waals surface area contributed by atoms with Crippen LogP contribution in [0.3, 0.4) is 0 Å². The second-order valence-electron chi connectivity index (χ2n) is 17.9. The lowest BCUT2D eigenvalue weighted by Crippen LogP contribution is -2.00. The van der Waals surface area contributed by atoms with Gasteiger partial charge in [0.2, 0.25) is 0 Å². The molecule has 0 bridgehead atoms. The summed E-state index contributed by atoms with van der Waals surface area (Å²) in [5.74, 6) is 0.655. The first-order valence-electron chi connectivity index (χ1n) is 23.9. The van der Waals surface area contributed by atoms with Crippen molar-refractivity contribution < 1.29 is 0 Å². The number of fused-ring (bicyclic) bond motifs is 6. The van der Waals surface area contributed by atoms with Crippen molar-refractivity contribution in [3.63, 3.8) is 0 Å². The van der Waals surface area contributed by atoms with Gasteiger partial charge in [0, 0.05) is 49.5 Å². The van der Waals surface area contributed by atoms with Crippen molar-refractivity contribution in [3.8, 4) is 84.7 Å². The number of nitriles is 1. The summed E-state index contributed by atoms with van der Waals surface area (Å²) in [7, 11) is 0. The number of para-hydroxylation sites is 3. The smallest absolute Gasteiger partial charge is 0.194 e. The molecule has 3 heterocycles. The van der Waals surface area contributed by atoms with Gasteiger partial charge < -0.3 is 9.13 Å². The number of rotatable bonds is 8. The summed E-state index contributed by atoms with van der Waals surface area (Å²) in [6.45, 7) is 7.89. The van der Waals surface area contributed by atoms with Gasteiger partial charge in [-0.05, 0) is 101 Å². The van der Waals surface area contributed by atoms with Crippen LogP contribution < -0.4 is 0 Å². The number of hydrogen-bond acceptors (Lipinski definition) is 3. The summed E-state index contributed by atoms with van der Waals surface area (Å²) >= 11 is 0. The molecule has 0 amide bonds. The van der Waals surface area contributed by atoms with Crippen LogP contribution in [-0.4, -0.2) is 19.1 Å². The molecule has 3 aromatic heterocycles. The molecule has 72 heavy (non-hydrogen) atoms. The first-order valence-corrected chi connectivity index (χ1v) is 23.9. The van der Waals surface area contributed by atoms with Gasteiger partial charge in [0.1, 0.15) is 0 Å². The Balaban J connectivity index is 1.05. The van der Waals surface area contributed by atoms with Gasteiger partial charge in [-0.1, -0.05) is 170 Å². The lowest BCUT2D eigenvalue weighted by atomic mass is 9.97. The maximum atomic E-state index is 10.1. The molecule has 0 spiro atoms. The van der Waals surface area contributed by atoms with Crippen LogP contribution in [0.25, 0.3) is 127 Å². The van der Waals surface area contributed by atoms with E-state index in [2.05, 4.69) is 178 Å². The zero-order chi connectivity index (χ0) is 48.1. The Kier molecular flexibility index (Phi) is 10.2. The predicted molar refractivity (Wildman–Crippen MR) is 294 cm³/mol. The molecule has 0 saturated carbocycles. The van der Waals surface area contributed by atoms with Gasteiger partial charge in [0.05, 0.1) is 57.3 Å². The van der Waals surface area contributed by atoms with Crippen molar-refractivity contribution in [2.24, 2.45) is 0 Å². The molecule has 13 rings (SSSR count). The third-order valence-electron chi connectivity index (χ3n) is 13.8. The molecule has 0 aliphatic carbocycles. The van der Waals surface area contributed by atoms with Crippen LogP contribution in [0.5, 0.6) is 0 Å². The van der Waals surface area contributed by atoms with Crippen LogP contribution in [0.4, 0.5) is 5.69 Å². The zero-order valence-corrected chi connectivity index (χ0v) is 38.8. The summed E-state index contributed by atoms with van der Waals surface area (Å²) in [5, 5.41) is 14.6. The van der Waals surface area contributed by atoms with Gasteiger partial charge in [0.15, 0.2) is 11.5 Å². The summed E-state index contributed by atoms with van der Waals surface area (Å²) in [4.78, 5) is 14.3. The Bertz CT molecular complexity index is 4300. The molecule has 0 atom stereocenters. The zero-order valence-electron chi connectivity index (χ0n) is 38.8. The highest BCUT2D eigenvalue weighted by Crippen LogP contribution is 2.42. The van der Waals surface area contributed by atoms with E-state index in [4.69, 9.17) is 16.5 Å². The normalized spacial score (nSPS) is 11.3. The topological polar surface area (TPSA) is 63.8 Å². The van der Waals surface area contributed by atoms with Gasteiger partial charge in [0.25, 0.3) is 0 Å². The average molecular weight is 917 g/mol. The Hall–Kier alpha value is -10.1. The number of aromatic nitrogens is 4. The van der Waals surface area contributed by atoms with Gasteiger partial charge in [-0.2, -0.15) is 5.26 Å². The molecule has 0 N–H and O–H groups in total. The maximum absolute atomic E-state index is 10.1. The van der Waals surface area contributed by atoms with Gasteiger partial charge >= 0.3 is 0 Å². The number of nitrogens with zero attached hydrogens (tertiary/aromatic N) is 6. The van der Waals surface area contributed by atoms with Crippen molar-refractivity contribution in [1.29, 1.82) is 5.26 Å². The highest BCUT2D eigenvalue weighted by Gasteiger charge is 2.21. The predicted octanol–water partition coefficient (Wildman–Crippen LogP) is 17.1. The monoisotopic (exact) mass is 916 g/mol. The minimum absolute atomic E-state index is 0.633. The molecular formula is C66H40N6. The molecule has 0 fully saturated rings. The SMILES string of the molecule is [C-]#[N+]c1ccccc1-c1ccc2c(c1)c1ccccc1n2-c1cccc(-c2cc(-c3cc(-c4ccccc4)nc(-c4ccccc4)n3)ccc2-n2c3ccccc3c3cc(-c4ccccc4C#N)ccc32)c1. The highest BCUT2D eigenvalue weighted by molar-refractivity contribution is 6.12. The Morgan fingerprint density at radius 3 is 1.61 bits per heavy atom. The van der Waals surface area contributed by atoms with Crippen molar-refractivity contribution in [2.45, 2.75) is 0 Å².